The average Bonchev–Trinajstić information content (AvgIpc) is 2.59. The van der Waals surface area contributed by atoms with E-state index < -0.39 is 18.1 Å². The number of alkyl carbamates (subject to hydrolysis) is 1. The highest BCUT2D eigenvalue weighted by molar-refractivity contribution is 5.81. The maximum Gasteiger partial charge on any atom is 0.408 e. The minimum Gasteiger partial charge on any atom is -0.512 e. The largest absolute Gasteiger partial charge is 0.512 e. The molecule has 0 saturated heterocycles. The third-order valence-corrected chi connectivity index (χ3v) is 3.59. The van der Waals surface area contributed by atoms with Crippen molar-refractivity contribution in [3.8, 4) is 0 Å². The molecule has 1 atom stereocenters. The van der Waals surface area contributed by atoms with E-state index in [9.17, 15) is 14.7 Å². The van der Waals surface area contributed by atoms with Gasteiger partial charge in [0.05, 0.1) is 12.9 Å². The van der Waals surface area contributed by atoms with Gasteiger partial charge in [-0.2, -0.15) is 0 Å². The standard InChI is InChI=1S/C18H21NO5/c1-23-17(21)16(11-14-8-5-9-15(20)10-14)19-18(22)24-12-13-6-3-2-4-7-13/h2-4,6-8,10,16,20H,5,9,11-12H2,1H3,(H,19,22). The van der Waals surface area contributed by atoms with E-state index in [2.05, 4.69) is 5.32 Å². The molecule has 1 aromatic rings. The number of ether oxygens (including phenoxy) is 2. The van der Waals surface area contributed by atoms with Gasteiger partial charge in [0.2, 0.25) is 0 Å². The number of aliphatic hydroxyl groups excluding tert-OH is 1. The molecule has 0 aromatic heterocycles. The number of carbonyl (C=O) groups excluding carboxylic acids is 2. The van der Waals surface area contributed by atoms with Crippen LogP contribution >= 0.6 is 0 Å². The molecule has 1 aromatic carbocycles. The van der Waals surface area contributed by atoms with Gasteiger partial charge in [0.15, 0.2) is 0 Å². The lowest BCUT2D eigenvalue weighted by molar-refractivity contribution is -0.142. The van der Waals surface area contributed by atoms with Gasteiger partial charge in [0.25, 0.3) is 0 Å². The Bertz CT molecular complexity index is 636. The number of benzene rings is 1. The molecule has 0 bridgehead atoms. The van der Waals surface area contributed by atoms with Crippen LogP contribution in [0.5, 0.6) is 0 Å². The van der Waals surface area contributed by atoms with Gasteiger partial charge in [0, 0.05) is 12.8 Å². The summed E-state index contributed by atoms with van der Waals surface area (Å²) in [4.78, 5) is 23.8. The Kier molecular flexibility index (Phi) is 6.42. The minimum atomic E-state index is -0.869. The van der Waals surface area contributed by atoms with Gasteiger partial charge in [0.1, 0.15) is 12.6 Å². The number of allylic oxidation sites excluding steroid dienone is 3. The lowest BCUT2D eigenvalue weighted by atomic mass is 9.99. The highest BCUT2D eigenvalue weighted by Gasteiger charge is 2.24. The zero-order valence-electron chi connectivity index (χ0n) is 13.5. The van der Waals surface area contributed by atoms with Crippen LogP contribution in [0.3, 0.4) is 0 Å². The van der Waals surface area contributed by atoms with E-state index in [4.69, 9.17) is 9.47 Å². The fourth-order valence-corrected chi connectivity index (χ4v) is 2.37. The number of carbonyl (C=O) groups is 2. The van der Waals surface area contributed by atoms with E-state index in [-0.39, 0.29) is 18.8 Å². The SMILES string of the molecule is COC(=O)C(CC1=CCCC(O)=C1)NC(=O)OCc1ccccc1. The average molecular weight is 331 g/mol. The first kappa shape index (κ1) is 17.6. The van der Waals surface area contributed by atoms with Crippen LogP contribution in [-0.4, -0.2) is 30.3 Å². The molecule has 1 aliphatic carbocycles. The smallest absolute Gasteiger partial charge is 0.408 e. The molecular weight excluding hydrogens is 310 g/mol. The van der Waals surface area contributed by atoms with Crippen LogP contribution in [-0.2, 0) is 20.9 Å². The third-order valence-electron chi connectivity index (χ3n) is 3.59. The molecule has 0 aliphatic heterocycles. The van der Waals surface area contributed by atoms with Crippen molar-refractivity contribution in [2.75, 3.05) is 7.11 Å². The first-order valence-electron chi connectivity index (χ1n) is 7.72. The monoisotopic (exact) mass is 331 g/mol. The van der Waals surface area contributed by atoms with Crippen LogP contribution in [0.15, 0.2) is 53.8 Å². The zero-order chi connectivity index (χ0) is 17.4. The molecule has 24 heavy (non-hydrogen) atoms. The van der Waals surface area contributed by atoms with E-state index in [1.807, 2.05) is 36.4 Å². The van der Waals surface area contributed by atoms with Gasteiger partial charge < -0.3 is 19.9 Å². The van der Waals surface area contributed by atoms with Gasteiger partial charge in [-0.05, 0) is 23.6 Å². The Morgan fingerprint density at radius 3 is 2.71 bits per heavy atom. The number of hydrogen-bond donors (Lipinski definition) is 2. The summed E-state index contributed by atoms with van der Waals surface area (Å²) in [7, 11) is 1.26. The Morgan fingerprint density at radius 2 is 2.04 bits per heavy atom. The normalized spacial score (nSPS) is 14.9. The Labute approximate surface area is 140 Å². The molecule has 2 N–H and O–H groups in total. The lowest BCUT2D eigenvalue weighted by Crippen LogP contribution is -2.42. The molecule has 1 aliphatic rings. The number of methoxy groups -OCH3 is 1. The molecular formula is C18H21NO5. The summed E-state index contributed by atoms with van der Waals surface area (Å²) in [6.45, 7) is 0.115. The van der Waals surface area contributed by atoms with Crippen molar-refractivity contribution in [1.29, 1.82) is 0 Å². The Hall–Kier alpha value is -2.76. The second-order valence-electron chi connectivity index (χ2n) is 5.44. The van der Waals surface area contributed by atoms with Gasteiger partial charge >= 0.3 is 12.1 Å². The van der Waals surface area contributed by atoms with Crippen LogP contribution in [0.2, 0.25) is 0 Å². The number of hydrogen-bond acceptors (Lipinski definition) is 5. The number of rotatable bonds is 6. The maximum atomic E-state index is 11.9. The highest BCUT2D eigenvalue weighted by atomic mass is 16.6. The van der Waals surface area contributed by atoms with Crippen molar-refractivity contribution in [3.05, 3.63) is 59.4 Å². The number of aliphatic hydroxyl groups is 1. The van der Waals surface area contributed by atoms with E-state index in [1.54, 1.807) is 6.08 Å². The molecule has 6 heteroatoms. The summed E-state index contributed by atoms with van der Waals surface area (Å²) in [5, 5.41) is 12.1. The van der Waals surface area contributed by atoms with Gasteiger partial charge in [-0.25, -0.2) is 9.59 Å². The predicted octanol–water partition coefficient (Wildman–Crippen LogP) is 3.01. The summed E-state index contributed by atoms with van der Waals surface area (Å²) in [5.41, 5.74) is 1.63. The van der Waals surface area contributed by atoms with Crippen molar-refractivity contribution in [2.45, 2.75) is 31.9 Å². The van der Waals surface area contributed by atoms with Crippen molar-refractivity contribution < 1.29 is 24.2 Å². The number of esters is 1. The maximum absolute atomic E-state index is 11.9. The van der Waals surface area contributed by atoms with Gasteiger partial charge in [-0.3, -0.25) is 0 Å². The molecule has 1 unspecified atom stereocenters. The summed E-state index contributed by atoms with van der Waals surface area (Å²) in [6.07, 6.45) is 4.35. The topological polar surface area (TPSA) is 84.9 Å². The fourth-order valence-electron chi connectivity index (χ4n) is 2.37. The molecule has 6 nitrogen and oxygen atoms in total. The van der Waals surface area contributed by atoms with Gasteiger partial charge in [-0.1, -0.05) is 36.4 Å². The quantitative estimate of drug-likeness (QED) is 0.783. The van der Waals surface area contributed by atoms with Gasteiger partial charge in [-0.15, -0.1) is 0 Å². The zero-order valence-corrected chi connectivity index (χ0v) is 13.5. The van der Waals surface area contributed by atoms with Crippen LogP contribution in [0.1, 0.15) is 24.8 Å². The molecule has 2 rings (SSSR count). The molecule has 0 heterocycles. The highest BCUT2D eigenvalue weighted by Crippen LogP contribution is 2.19. The summed E-state index contributed by atoms with van der Waals surface area (Å²) in [5.74, 6) is -0.297. The summed E-state index contributed by atoms with van der Waals surface area (Å²) < 4.78 is 9.85. The van der Waals surface area contributed by atoms with Crippen LogP contribution in [0.4, 0.5) is 4.79 Å². The Balaban J connectivity index is 1.92. The minimum absolute atomic E-state index is 0.115. The molecule has 1 amide bonds. The second kappa shape index (κ2) is 8.76. The van der Waals surface area contributed by atoms with E-state index in [0.29, 0.717) is 12.8 Å². The second-order valence-corrected chi connectivity index (χ2v) is 5.44. The fraction of sp³-hybridized carbons (Fsp3) is 0.333. The van der Waals surface area contributed by atoms with Crippen LogP contribution in [0, 0.1) is 0 Å². The summed E-state index contributed by atoms with van der Waals surface area (Å²) in [6, 6.07) is 8.38. The van der Waals surface area contributed by atoms with Crippen molar-refractivity contribution in [2.24, 2.45) is 0 Å². The van der Waals surface area contributed by atoms with Crippen molar-refractivity contribution in [1.82, 2.24) is 5.32 Å². The van der Waals surface area contributed by atoms with Crippen molar-refractivity contribution >= 4 is 12.1 Å². The number of nitrogens with one attached hydrogen (secondary N) is 1. The first-order chi connectivity index (χ1) is 11.6. The lowest BCUT2D eigenvalue weighted by Gasteiger charge is -2.18. The molecule has 128 valence electrons. The summed E-state index contributed by atoms with van der Waals surface area (Å²) >= 11 is 0. The van der Waals surface area contributed by atoms with Crippen molar-refractivity contribution in [3.63, 3.8) is 0 Å². The molecule has 0 saturated carbocycles. The van der Waals surface area contributed by atoms with E-state index >= 15 is 0 Å². The molecule has 0 fully saturated rings. The van der Waals surface area contributed by atoms with Crippen LogP contribution in [0.25, 0.3) is 0 Å². The predicted molar refractivity (Wildman–Crippen MR) is 88.2 cm³/mol. The van der Waals surface area contributed by atoms with E-state index in [1.165, 1.54) is 7.11 Å². The first-order valence-corrected chi connectivity index (χ1v) is 7.72. The third kappa shape index (κ3) is 5.46. The number of amides is 1. The van der Waals surface area contributed by atoms with Crippen LogP contribution < -0.4 is 5.32 Å². The Morgan fingerprint density at radius 1 is 1.29 bits per heavy atom. The molecule has 0 spiro atoms. The molecule has 0 radical (unpaired) electrons. The van der Waals surface area contributed by atoms with E-state index in [0.717, 1.165) is 11.1 Å².